The predicted octanol–water partition coefficient (Wildman–Crippen LogP) is 3.34. The number of nitrogens with zero attached hydrogens (tertiary/aromatic N) is 1. The van der Waals surface area contributed by atoms with E-state index in [-0.39, 0.29) is 4.90 Å². The van der Waals surface area contributed by atoms with Crippen molar-refractivity contribution in [2.24, 2.45) is 0 Å². The molecule has 0 aliphatic carbocycles. The zero-order chi connectivity index (χ0) is 17.7. The number of thiazole rings is 1. The predicted molar refractivity (Wildman–Crippen MR) is 99.4 cm³/mol. The van der Waals surface area contributed by atoms with Crippen LogP contribution in [0.5, 0.6) is 5.75 Å². The lowest BCUT2D eigenvalue weighted by atomic mass is 10.1. The first kappa shape index (κ1) is 17.6. The molecule has 0 atom stereocenters. The average molecular weight is 374 g/mol. The van der Waals surface area contributed by atoms with E-state index in [0.29, 0.717) is 18.7 Å². The summed E-state index contributed by atoms with van der Waals surface area (Å²) in [5, 5.41) is 0. The van der Waals surface area contributed by atoms with E-state index in [1.807, 2.05) is 30.3 Å². The van der Waals surface area contributed by atoms with Crippen LogP contribution in [0.3, 0.4) is 0 Å². The van der Waals surface area contributed by atoms with Gasteiger partial charge >= 0.3 is 0 Å². The third-order valence-corrected chi connectivity index (χ3v) is 6.07. The zero-order valence-electron chi connectivity index (χ0n) is 13.7. The SMILES string of the molecule is COc1ccc(S(=O)(=O)NCCc2scnc2-c2ccccc2)cc1. The Morgan fingerprint density at radius 3 is 2.48 bits per heavy atom. The molecule has 0 fully saturated rings. The summed E-state index contributed by atoms with van der Waals surface area (Å²) in [7, 11) is -1.99. The maximum absolute atomic E-state index is 12.4. The van der Waals surface area contributed by atoms with E-state index in [9.17, 15) is 8.42 Å². The number of rotatable bonds is 7. The first-order valence-electron chi connectivity index (χ1n) is 7.71. The molecule has 3 rings (SSSR count). The van der Waals surface area contributed by atoms with Gasteiger partial charge in [-0.3, -0.25) is 0 Å². The van der Waals surface area contributed by atoms with Crippen molar-refractivity contribution in [2.75, 3.05) is 13.7 Å². The summed E-state index contributed by atoms with van der Waals surface area (Å²) < 4.78 is 32.4. The van der Waals surface area contributed by atoms with E-state index in [1.165, 1.54) is 23.5 Å². The quantitative estimate of drug-likeness (QED) is 0.689. The van der Waals surface area contributed by atoms with Crippen molar-refractivity contribution in [1.29, 1.82) is 0 Å². The number of nitrogens with one attached hydrogen (secondary N) is 1. The Bertz CT molecular complexity index is 920. The maximum atomic E-state index is 12.4. The highest BCUT2D eigenvalue weighted by Crippen LogP contribution is 2.25. The molecule has 0 saturated heterocycles. The topological polar surface area (TPSA) is 68.3 Å². The molecule has 7 heteroatoms. The van der Waals surface area contributed by atoms with E-state index in [4.69, 9.17) is 4.74 Å². The molecule has 5 nitrogen and oxygen atoms in total. The van der Waals surface area contributed by atoms with Crippen LogP contribution in [0.1, 0.15) is 4.88 Å². The summed E-state index contributed by atoms with van der Waals surface area (Å²) in [6.07, 6.45) is 0.588. The first-order valence-corrected chi connectivity index (χ1v) is 10.1. The third kappa shape index (κ3) is 4.25. The molecule has 0 aliphatic heterocycles. The Kier molecular flexibility index (Phi) is 5.47. The lowest BCUT2D eigenvalue weighted by molar-refractivity contribution is 0.414. The standard InChI is InChI=1S/C18H18N2O3S2/c1-23-15-7-9-16(10-8-15)25(21,22)20-12-11-17-18(19-13-24-17)14-5-3-2-4-6-14/h2-10,13,20H,11-12H2,1H3. The molecule has 2 aromatic carbocycles. The summed E-state index contributed by atoms with van der Waals surface area (Å²) in [5.41, 5.74) is 3.74. The van der Waals surface area contributed by atoms with Gasteiger partial charge in [-0.15, -0.1) is 11.3 Å². The molecule has 3 aromatic rings. The molecule has 0 spiro atoms. The summed E-state index contributed by atoms with van der Waals surface area (Å²) in [6.45, 7) is 0.316. The fraction of sp³-hybridized carbons (Fsp3) is 0.167. The van der Waals surface area contributed by atoms with Gasteiger partial charge in [0.15, 0.2) is 0 Å². The van der Waals surface area contributed by atoms with E-state index in [0.717, 1.165) is 16.1 Å². The number of sulfonamides is 1. The fourth-order valence-electron chi connectivity index (χ4n) is 2.42. The van der Waals surface area contributed by atoms with Crippen LogP contribution in [0.25, 0.3) is 11.3 Å². The Hall–Kier alpha value is -2.22. The fourth-order valence-corrected chi connectivity index (χ4v) is 4.24. The molecule has 130 valence electrons. The van der Waals surface area contributed by atoms with Gasteiger partial charge in [0, 0.05) is 17.0 Å². The normalized spacial score (nSPS) is 11.4. The van der Waals surface area contributed by atoms with Crippen LogP contribution >= 0.6 is 11.3 Å². The molecule has 25 heavy (non-hydrogen) atoms. The lowest BCUT2D eigenvalue weighted by Gasteiger charge is -2.08. The number of hydrogen-bond acceptors (Lipinski definition) is 5. The second-order valence-corrected chi connectivity index (χ2v) is 8.02. The number of methoxy groups -OCH3 is 1. The molecule has 0 aliphatic rings. The number of hydrogen-bond donors (Lipinski definition) is 1. The van der Waals surface area contributed by atoms with Crippen molar-refractivity contribution in [1.82, 2.24) is 9.71 Å². The smallest absolute Gasteiger partial charge is 0.240 e. The van der Waals surface area contributed by atoms with Gasteiger partial charge < -0.3 is 4.74 Å². The highest BCUT2D eigenvalue weighted by atomic mass is 32.2. The van der Waals surface area contributed by atoms with Crippen LogP contribution in [0, 0.1) is 0 Å². The van der Waals surface area contributed by atoms with E-state index < -0.39 is 10.0 Å². The van der Waals surface area contributed by atoms with Gasteiger partial charge in [0.05, 0.1) is 23.2 Å². The minimum absolute atomic E-state index is 0.223. The van der Waals surface area contributed by atoms with E-state index in [2.05, 4.69) is 9.71 Å². The Labute approximate surface area is 151 Å². The molecule has 1 aromatic heterocycles. The van der Waals surface area contributed by atoms with Crippen LogP contribution < -0.4 is 9.46 Å². The Balaban J connectivity index is 1.66. The van der Waals surface area contributed by atoms with Crippen molar-refractivity contribution in [3.8, 4) is 17.0 Å². The second kappa shape index (κ2) is 7.77. The summed E-state index contributed by atoms with van der Waals surface area (Å²) in [6, 6.07) is 16.2. The van der Waals surface area contributed by atoms with Gasteiger partial charge in [0.25, 0.3) is 0 Å². The van der Waals surface area contributed by atoms with Crippen LogP contribution in [0.15, 0.2) is 65.0 Å². The first-order chi connectivity index (χ1) is 12.1. The van der Waals surface area contributed by atoms with Crippen LogP contribution in [-0.2, 0) is 16.4 Å². The summed E-state index contributed by atoms with van der Waals surface area (Å²) >= 11 is 1.53. The molecule has 0 saturated carbocycles. The molecule has 1 heterocycles. The minimum atomic E-state index is -3.54. The Morgan fingerprint density at radius 1 is 1.08 bits per heavy atom. The average Bonchev–Trinajstić information content (AvgIpc) is 3.11. The van der Waals surface area contributed by atoms with Crippen LogP contribution in [0.4, 0.5) is 0 Å². The lowest BCUT2D eigenvalue weighted by Crippen LogP contribution is -2.25. The highest BCUT2D eigenvalue weighted by Gasteiger charge is 2.15. The monoisotopic (exact) mass is 374 g/mol. The van der Waals surface area contributed by atoms with E-state index in [1.54, 1.807) is 24.8 Å². The molecule has 0 bridgehead atoms. The van der Waals surface area contributed by atoms with Gasteiger partial charge in [0.2, 0.25) is 10.0 Å². The van der Waals surface area contributed by atoms with Gasteiger partial charge in [-0.25, -0.2) is 18.1 Å². The Morgan fingerprint density at radius 2 is 1.80 bits per heavy atom. The molecule has 0 radical (unpaired) electrons. The maximum Gasteiger partial charge on any atom is 0.240 e. The van der Waals surface area contributed by atoms with Crippen molar-refractivity contribution < 1.29 is 13.2 Å². The molecule has 0 amide bonds. The minimum Gasteiger partial charge on any atom is -0.497 e. The van der Waals surface area contributed by atoms with Crippen molar-refractivity contribution in [2.45, 2.75) is 11.3 Å². The number of aromatic nitrogens is 1. The van der Waals surface area contributed by atoms with Crippen molar-refractivity contribution in [3.63, 3.8) is 0 Å². The second-order valence-electron chi connectivity index (χ2n) is 5.31. The largest absolute Gasteiger partial charge is 0.497 e. The molecular formula is C18H18N2O3S2. The van der Waals surface area contributed by atoms with Crippen molar-refractivity contribution in [3.05, 3.63) is 65.0 Å². The zero-order valence-corrected chi connectivity index (χ0v) is 15.3. The molecule has 1 N–H and O–H groups in total. The van der Waals surface area contributed by atoms with Crippen molar-refractivity contribution >= 4 is 21.4 Å². The van der Waals surface area contributed by atoms with Crippen LogP contribution in [-0.4, -0.2) is 27.1 Å². The van der Waals surface area contributed by atoms with Gasteiger partial charge in [-0.05, 0) is 30.7 Å². The van der Waals surface area contributed by atoms with E-state index >= 15 is 0 Å². The summed E-state index contributed by atoms with van der Waals surface area (Å²) in [4.78, 5) is 5.69. The molecule has 0 unspecified atom stereocenters. The molecular weight excluding hydrogens is 356 g/mol. The third-order valence-electron chi connectivity index (χ3n) is 3.70. The van der Waals surface area contributed by atoms with Gasteiger partial charge in [0.1, 0.15) is 5.75 Å². The number of benzene rings is 2. The summed E-state index contributed by atoms with van der Waals surface area (Å²) in [5.74, 6) is 0.621. The van der Waals surface area contributed by atoms with Gasteiger partial charge in [-0.1, -0.05) is 30.3 Å². The van der Waals surface area contributed by atoms with Crippen LogP contribution in [0.2, 0.25) is 0 Å². The highest BCUT2D eigenvalue weighted by molar-refractivity contribution is 7.89. The van der Waals surface area contributed by atoms with Gasteiger partial charge in [-0.2, -0.15) is 0 Å². The number of ether oxygens (including phenoxy) is 1.